The minimum absolute atomic E-state index is 0. The van der Waals surface area contributed by atoms with Gasteiger partial charge < -0.3 is 21.2 Å². The van der Waals surface area contributed by atoms with Crippen LogP contribution in [0.4, 0.5) is 4.79 Å². The standard InChI is InChI=1S/CH2O3.N.Ta/c2-1(3)4;;/h(H2,2,3,4);;/q;-3;+5/p-2. The van der Waals surface area contributed by atoms with Gasteiger partial charge in [0.1, 0.15) is 0 Å². The average molecular weight is 255 g/mol. The Bertz CT molecular complexity index is 33.8. The molecular weight excluding hydrogens is 255 g/mol. The maximum absolute atomic E-state index is 8.33. The molecule has 0 rings (SSSR count). The molecule has 0 aromatic rings. The van der Waals surface area contributed by atoms with Crippen molar-refractivity contribution in [3.63, 3.8) is 0 Å². The minimum Gasteiger partial charge on any atom is -3.00 e. The number of carboxylic acid groups (broad SMARTS) is 2. The molecule has 0 heterocycles. The molecule has 5 heteroatoms. The van der Waals surface area contributed by atoms with Gasteiger partial charge in [0.15, 0.2) is 0 Å². The molecule has 0 aromatic carbocycles. The molecule has 0 saturated carbocycles. The van der Waals surface area contributed by atoms with E-state index in [0.29, 0.717) is 0 Å². The van der Waals surface area contributed by atoms with Crippen LogP contribution in [0.3, 0.4) is 0 Å². The summed E-state index contributed by atoms with van der Waals surface area (Å²) in [6.45, 7) is 0. The van der Waals surface area contributed by atoms with Crippen molar-refractivity contribution >= 4 is 6.16 Å². The summed E-state index contributed by atoms with van der Waals surface area (Å²) < 4.78 is 0. The molecule has 0 aromatic heterocycles. The van der Waals surface area contributed by atoms with Gasteiger partial charge >= 0.3 is 22.4 Å². The van der Waals surface area contributed by atoms with Crippen LogP contribution in [0.15, 0.2) is 0 Å². The van der Waals surface area contributed by atoms with Crippen molar-refractivity contribution in [3.05, 3.63) is 6.15 Å². The number of nitrogens with zero attached hydrogens (tertiary/aromatic N) is 1. The second kappa shape index (κ2) is 8.88. The van der Waals surface area contributed by atoms with E-state index >= 15 is 0 Å². The third-order valence-corrected chi connectivity index (χ3v) is 0. The zero-order valence-corrected chi connectivity index (χ0v) is 5.83. The van der Waals surface area contributed by atoms with E-state index in [9.17, 15) is 0 Å². The number of hydrogen-bond acceptors (Lipinski definition) is 3. The Hall–Kier alpha value is -0.0297. The monoisotopic (exact) mass is 255 g/mol. The number of hydrogen-bond donors (Lipinski definition) is 0. The summed E-state index contributed by atoms with van der Waals surface area (Å²) in [5, 5.41) is 16.7. The van der Waals surface area contributed by atoms with Crippen LogP contribution in [0.1, 0.15) is 0 Å². The van der Waals surface area contributed by atoms with E-state index in [2.05, 4.69) is 0 Å². The first-order chi connectivity index (χ1) is 1.73. The predicted octanol–water partition coefficient (Wildman–Crippen LogP) is -2.16. The Labute approximate surface area is 50.3 Å². The summed E-state index contributed by atoms with van der Waals surface area (Å²) in [6.07, 6.45) is -2.33. The first-order valence-corrected chi connectivity index (χ1v) is 0.612. The van der Waals surface area contributed by atoms with Crippen molar-refractivity contribution in [1.82, 2.24) is 0 Å². The molecule has 0 bridgehead atoms. The molecule has 32 valence electrons. The number of carbonyl (C=O) groups is 1. The zero-order valence-electron chi connectivity index (χ0n) is 2.62. The van der Waals surface area contributed by atoms with Gasteiger partial charge in [0, 0.05) is 0 Å². The Morgan fingerprint density at radius 3 is 1.33 bits per heavy atom. The maximum atomic E-state index is 8.33. The molecule has 0 unspecified atom stereocenters. The fraction of sp³-hybridized carbons (Fsp3) is 0. The molecule has 0 aliphatic carbocycles. The Morgan fingerprint density at radius 1 is 1.33 bits per heavy atom. The van der Waals surface area contributed by atoms with Crippen LogP contribution in [0, 0.1) is 0 Å². The topological polar surface area (TPSA) is 93.7 Å². The summed E-state index contributed by atoms with van der Waals surface area (Å²) in [6, 6.07) is 0. The van der Waals surface area contributed by atoms with Crippen LogP contribution in [0.5, 0.6) is 0 Å². The molecule has 0 atom stereocenters. The van der Waals surface area contributed by atoms with Crippen molar-refractivity contribution < 1.29 is 37.4 Å². The van der Waals surface area contributed by atoms with E-state index in [1.165, 1.54) is 0 Å². The summed E-state index contributed by atoms with van der Waals surface area (Å²) in [4.78, 5) is 8.33. The molecule has 0 radical (unpaired) electrons. The van der Waals surface area contributed by atoms with Gasteiger partial charge in [-0.15, -0.1) is 0 Å². The van der Waals surface area contributed by atoms with Crippen molar-refractivity contribution in [2.45, 2.75) is 0 Å². The fourth-order valence-corrected chi connectivity index (χ4v) is 0. The molecule has 4 nitrogen and oxygen atoms in total. The minimum atomic E-state index is -2.33. The molecule has 6 heavy (non-hydrogen) atoms. The molecule has 0 aliphatic heterocycles. The molecule has 0 fully saturated rings. The number of rotatable bonds is 0. The SMILES string of the molecule is O=C([O-])[O-].[N-3].[Ta+5]. The van der Waals surface area contributed by atoms with E-state index in [-0.39, 0.29) is 28.5 Å². The molecule has 0 N–H and O–H groups in total. The van der Waals surface area contributed by atoms with E-state index in [4.69, 9.17) is 15.0 Å². The largest absolute Gasteiger partial charge is 5.00 e. The fourth-order valence-electron chi connectivity index (χ4n) is 0. The van der Waals surface area contributed by atoms with Gasteiger partial charge in [-0.05, 0) is 6.16 Å². The molecule has 0 spiro atoms. The van der Waals surface area contributed by atoms with Crippen molar-refractivity contribution in [1.29, 1.82) is 0 Å². The smallest absolute Gasteiger partial charge is 3.00 e. The van der Waals surface area contributed by atoms with E-state index < -0.39 is 6.16 Å². The molecular formula is CNO3Ta. The van der Waals surface area contributed by atoms with Crippen LogP contribution < -0.4 is 10.2 Å². The third-order valence-electron chi connectivity index (χ3n) is 0. The molecule has 0 saturated heterocycles. The van der Waals surface area contributed by atoms with Crippen molar-refractivity contribution in [2.24, 2.45) is 0 Å². The summed E-state index contributed by atoms with van der Waals surface area (Å²) in [5.74, 6) is 0. The van der Waals surface area contributed by atoms with Gasteiger partial charge in [0.25, 0.3) is 0 Å². The second-order valence-corrected chi connectivity index (χ2v) is 0.250. The van der Waals surface area contributed by atoms with Crippen LogP contribution in [-0.4, -0.2) is 6.16 Å². The molecule has 0 amide bonds. The summed E-state index contributed by atoms with van der Waals surface area (Å²) in [5.41, 5.74) is 0. The van der Waals surface area contributed by atoms with E-state index in [1.807, 2.05) is 0 Å². The van der Waals surface area contributed by atoms with E-state index in [1.54, 1.807) is 0 Å². The zero-order chi connectivity index (χ0) is 3.58. The predicted molar refractivity (Wildman–Crippen MR) is 8.75 cm³/mol. The third kappa shape index (κ3) is 39600. The van der Waals surface area contributed by atoms with Gasteiger partial charge in [-0.25, -0.2) is 0 Å². The van der Waals surface area contributed by atoms with E-state index in [0.717, 1.165) is 0 Å². The van der Waals surface area contributed by atoms with Crippen molar-refractivity contribution in [3.8, 4) is 0 Å². The van der Waals surface area contributed by atoms with Gasteiger partial charge in [0.2, 0.25) is 0 Å². The maximum Gasteiger partial charge on any atom is 5.00 e. The van der Waals surface area contributed by atoms with Gasteiger partial charge in [-0.1, -0.05) is 0 Å². The van der Waals surface area contributed by atoms with Crippen LogP contribution in [0.25, 0.3) is 6.15 Å². The summed E-state index contributed by atoms with van der Waals surface area (Å²) >= 11 is 0. The first kappa shape index (κ1) is 16.7. The van der Waals surface area contributed by atoms with Crippen molar-refractivity contribution in [2.75, 3.05) is 0 Å². The Kier molecular flexibility index (Phi) is 24.7. The van der Waals surface area contributed by atoms with Crippen LogP contribution >= 0.6 is 0 Å². The van der Waals surface area contributed by atoms with Crippen LogP contribution in [0.2, 0.25) is 0 Å². The average Bonchev–Trinajstić information content (AvgIpc) is 0.811. The Morgan fingerprint density at radius 2 is 1.33 bits per heavy atom. The molecule has 0 aliphatic rings. The second-order valence-electron chi connectivity index (χ2n) is 0.250. The quantitative estimate of drug-likeness (QED) is 0.493. The van der Waals surface area contributed by atoms with Gasteiger partial charge in [-0.2, -0.15) is 0 Å². The normalized spacial score (nSPS) is 4.00. The summed E-state index contributed by atoms with van der Waals surface area (Å²) in [7, 11) is 0. The van der Waals surface area contributed by atoms with Crippen LogP contribution in [-0.2, 0) is 22.4 Å². The van der Waals surface area contributed by atoms with Gasteiger partial charge in [0.05, 0.1) is 0 Å². The van der Waals surface area contributed by atoms with Gasteiger partial charge in [-0.3, -0.25) is 0 Å². The first-order valence-electron chi connectivity index (χ1n) is 0.612. The Balaban J connectivity index is -0.0000000450. The number of carbonyl (C=O) groups excluding carboxylic acids is 1.